The molecule has 0 saturated heterocycles. The van der Waals surface area contributed by atoms with Crippen LogP contribution in [0.5, 0.6) is 0 Å². The number of hydrogen-bond donors (Lipinski definition) is 0. The highest BCUT2D eigenvalue weighted by Gasteiger charge is 2.05. The fraction of sp³-hybridized carbons (Fsp3) is 0.455. The number of ketones is 1. The lowest BCUT2D eigenvalue weighted by atomic mass is 10.1. The zero-order valence-electron chi connectivity index (χ0n) is 8.95. The minimum atomic E-state index is 0.159. The van der Waals surface area contributed by atoms with Crippen molar-refractivity contribution in [3.8, 4) is 0 Å². The molecule has 0 bridgehead atoms. The molecule has 0 N–H and O–H groups in total. The second-order valence-corrected chi connectivity index (χ2v) is 3.66. The molecule has 0 unspecified atom stereocenters. The second kappa shape index (κ2) is 4.86. The van der Waals surface area contributed by atoms with Crippen LogP contribution in [0.1, 0.15) is 22.5 Å². The van der Waals surface area contributed by atoms with E-state index in [4.69, 9.17) is 0 Å². The van der Waals surface area contributed by atoms with Gasteiger partial charge in [0.05, 0.1) is 0 Å². The topological polar surface area (TPSA) is 33.2 Å². The molecule has 0 amide bonds. The molecular formula is C11H16N2O. The lowest BCUT2D eigenvalue weighted by Crippen LogP contribution is -2.16. The van der Waals surface area contributed by atoms with Crippen LogP contribution in [0.3, 0.4) is 0 Å². The van der Waals surface area contributed by atoms with Gasteiger partial charge in [-0.1, -0.05) is 0 Å². The van der Waals surface area contributed by atoms with Crippen molar-refractivity contribution < 1.29 is 4.79 Å². The van der Waals surface area contributed by atoms with Crippen molar-refractivity contribution in [2.45, 2.75) is 13.3 Å². The molecule has 1 aromatic heterocycles. The first-order valence-electron chi connectivity index (χ1n) is 4.70. The Labute approximate surface area is 84.8 Å². The van der Waals surface area contributed by atoms with Crippen LogP contribution in [0.15, 0.2) is 18.3 Å². The number of Topliss-reactive ketones (excluding diaryl/α,β-unsaturated/α-hetero) is 1. The maximum absolute atomic E-state index is 11.6. The Balaban J connectivity index is 2.57. The quantitative estimate of drug-likeness (QED) is 0.678. The summed E-state index contributed by atoms with van der Waals surface area (Å²) in [5.41, 5.74) is 1.65. The van der Waals surface area contributed by atoms with Gasteiger partial charge in [0.25, 0.3) is 0 Å². The third kappa shape index (κ3) is 3.26. The fourth-order valence-corrected chi connectivity index (χ4v) is 1.10. The van der Waals surface area contributed by atoms with Crippen molar-refractivity contribution in [2.24, 2.45) is 0 Å². The Morgan fingerprint density at radius 2 is 2.14 bits per heavy atom. The molecule has 1 heterocycles. The number of carbonyl (C=O) groups excluding carboxylic acids is 1. The van der Waals surface area contributed by atoms with Crippen LogP contribution < -0.4 is 0 Å². The normalized spacial score (nSPS) is 10.6. The van der Waals surface area contributed by atoms with Crippen molar-refractivity contribution >= 4 is 5.78 Å². The van der Waals surface area contributed by atoms with Crippen molar-refractivity contribution in [3.05, 3.63) is 29.6 Å². The third-order valence-electron chi connectivity index (χ3n) is 2.02. The van der Waals surface area contributed by atoms with E-state index in [1.54, 1.807) is 6.20 Å². The van der Waals surface area contributed by atoms with Gasteiger partial charge in [-0.05, 0) is 33.2 Å². The molecule has 14 heavy (non-hydrogen) atoms. The summed E-state index contributed by atoms with van der Waals surface area (Å²) in [6.07, 6.45) is 2.20. The monoisotopic (exact) mass is 192 g/mol. The first-order valence-corrected chi connectivity index (χ1v) is 4.70. The Hall–Kier alpha value is -1.22. The summed E-state index contributed by atoms with van der Waals surface area (Å²) in [4.78, 5) is 17.7. The molecule has 0 radical (unpaired) electrons. The average molecular weight is 192 g/mol. The minimum Gasteiger partial charge on any atom is -0.309 e. The molecular weight excluding hydrogens is 176 g/mol. The van der Waals surface area contributed by atoms with Crippen molar-refractivity contribution in [1.82, 2.24) is 9.88 Å². The largest absolute Gasteiger partial charge is 0.309 e. The van der Waals surface area contributed by atoms with E-state index in [2.05, 4.69) is 4.98 Å². The number of hydrogen-bond acceptors (Lipinski definition) is 3. The van der Waals surface area contributed by atoms with E-state index in [9.17, 15) is 4.79 Å². The Morgan fingerprint density at radius 1 is 1.43 bits per heavy atom. The first kappa shape index (κ1) is 10.9. The summed E-state index contributed by atoms with van der Waals surface area (Å²) >= 11 is 0. The van der Waals surface area contributed by atoms with E-state index < -0.39 is 0 Å². The minimum absolute atomic E-state index is 0.159. The number of rotatable bonds is 4. The standard InChI is InChI=1S/C11H16N2O/c1-9-4-5-10(8-12-9)11(14)6-7-13(2)3/h4-5,8H,6-7H2,1-3H3. The van der Waals surface area contributed by atoms with E-state index in [0.717, 1.165) is 12.2 Å². The molecule has 0 aliphatic heterocycles. The lowest BCUT2D eigenvalue weighted by molar-refractivity contribution is 0.0972. The van der Waals surface area contributed by atoms with Gasteiger partial charge in [-0.15, -0.1) is 0 Å². The molecule has 0 aliphatic carbocycles. The Kier molecular flexibility index (Phi) is 3.77. The first-order chi connectivity index (χ1) is 6.59. The number of nitrogens with zero attached hydrogens (tertiary/aromatic N) is 2. The molecule has 1 rings (SSSR count). The van der Waals surface area contributed by atoms with Crippen molar-refractivity contribution in [3.63, 3.8) is 0 Å². The van der Waals surface area contributed by atoms with E-state index in [-0.39, 0.29) is 5.78 Å². The van der Waals surface area contributed by atoms with Gasteiger partial charge in [0.15, 0.2) is 5.78 Å². The van der Waals surface area contributed by atoms with Crippen LogP contribution in [0.2, 0.25) is 0 Å². The highest BCUT2D eigenvalue weighted by molar-refractivity contribution is 5.95. The number of pyridine rings is 1. The SMILES string of the molecule is Cc1ccc(C(=O)CCN(C)C)cn1. The second-order valence-electron chi connectivity index (χ2n) is 3.66. The number of carbonyl (C=O) groups is 1. The van der Waals surface area contributed by atoms with Gasteiger partial charge >= 0.3 is 0 Å². The van der Waals surface area contributed by atoms with Crippen LogP contribution in [-0.2, 0) is 0 Å². The van der Waals surface area contributed by atoms with Gasteiger partial charge in [0.1, 0.15) is 0 Å². The van der Waals surface area contributed by atoms with E-state index in [1.807, 2.05) is 38.1 Å². The highest BCUT2D eigenvalue weighted by Crippen LogP contribution is 2.03. The van der Waals surface area contributed by atoms with E-state index in [1.165, 1.54) is 0 Å². The summed E-state index contributed by atoms with van der Waals surface area (Å²) in [5, 5.41) is 0. The zero-order chi connectivity index (χ0) is 10.6. The molecule has 1 aromatic rings. The van der Waals surface area contributed by atoms with Gasteiger partial charge in [0.2, 0.25) is 0 Å². The summed E-state index contributed by atoms with van der Waals surface area (Å²) in [6, 6.07) is 3.70. The fourth-order valence-electron chi connectivity index (χ4n) is 1.10. The van der Waals surface area contributed by atoms with Gasteiger partial charge in [-0.3, -0.25) is 9.78 Å². The van der Waals surface area contributed by atoms with Crippen LogP contribution in [0.25, 0.3) is 0 Å². The zero-order valence-corrected chi connectivity index (χ0v) is 8.95. The summed E-state index contributed by atoms with van der Waals surface area (Å²) in [5.74, 6) is 0.159. The van der Waals surface area contributed by atoms with E-state index >= 15 is 0 Å². The molecule has 0 fully saturated rings. The maximum Gasteiger partial charge on any atom is 0.165 e. The van der Waals surface area contributed by atoms with Crippen molar-refractivity contribution in [2.75, 3.05) is 20.6 Å². The van der Waals surface area contributed by atoms with Crippen LogP contribution in [-0.4, -0.2) is 36.3 Å². The molecule has 0 aromatic carbocycles. The molecule has 0 spiro atoms. The van der Waals surface area contributed by atoms with Gasteiger partial charge < -0.3 is 4.90 Å². The third-order valence-corrected chi connectivity index (χ3v) is 2.02. The van der Waals surface area contributed by atoms with Crippen LogP contribution in [0.4, 0.5) is 0 Å². The van der Waals surface area contributed by atoms with Gasteiger partial charge in [-0.2, -0.15) is 0 Å². The molecule has 3 heteroatoms. The van der Waals surface area contributed by atoms with Gasteiger partial charge in [-0.25, -0.2) is 0 Å². The molecule has 76 valence electrons. The van der Waals surface area contributed by atoms with Crippen LogP contribution in [0, 0.1) is 6.92 Å². The lowest BCUT2D eigenvalue weighted by Gasteiger charge is -2.07. The van der Waals surface area contributed by atoms with Gasteiger partial charge in [0, 0.05) is 30.4 Å². The molecule has 3 nitrogen and oxygen atoms in total. The molecule has 0 aliphatic rings. The smallest absolute Gasteiger partial charge is 0.165 e. The summed E-state index contributed by atoms with van der Waals surface area (Å²) in [7, 11) is 3.92. The van der Waals surface area contributed by atoms with E-state index in [0.29, 0.717) is 12.0 Å². The molecule has 0 saturated carbocycles. The number of aromatic nitrogens is 1. The Bertz CT molecular complexity index is 304. The average Bonchev–Trinajstić information content (AvgIpc) is 2.15. The molecule has 0 atom stereocenters. The summed E-state index contributed by atoms with van der Waals surface area (Å²) < 4.78 is 0. The van der Waals surface area contributed by atoms with Crippen LogP contribution >= 0.6 is 0 Å². The van der Waals surface area contributed by atoms with Crippen molar-refractivity contribution in [1.29, 1.82) is 0 Å². The number of aryl methyl sites for hydroxylation is 1. The highest BCUT2D eigenvalue weighted by atomic mass is 16.1. The maximum atomic E-state index is 11.6. The Morgan fingerprint density at radius 3 is 2.64 bits per heavy atom. The predicted molar refractivity (Wildman–Crippen MR) is 56.5 cm³/mol. The summed E-state index contributed by atoms with van der Waals surface area (Å²) in [6.45, 7) is 2.70. The predicted octanol–water partition coefficient (Wildman–Crippen LogP) is 1.52.